The van der Waals surface area contributed by atoms with Gasteiger partial charge in [-0.1, -0.05) is 12.1 Å². The molecule has 0 aliphatic heterocycles. The molecule has 2 aromatic heterocycles. The molecule has 0 fully saturated rings. The predicted molar refractivity (Wildman–Crippen MR) is 90.5 cm³/mol. The Morgan fingerprint density at radius 2 is 1.48 bits per heavy atom. The van der Waals surface area contributed by atoms with Crippen molar-refractivity contribution in [3.05, 3.63) is 55.0 Å². The lowest BCUT2D eigenvalue weighted by Crippen LogP contribution is -1.98. The second-order valence-electron chi connectivity index (χ2n) is 5.52. The fraction of sp³-hybridized carbons (Fsp3) is 0. The molecule has 0 atom stereocenters. The molecule has 0 unspecified atom stereocenters. The summed E-state index contributed by atoms with van der Waals surface area (Å²) in [6.45, 7) is 0. The zero-order valence-electron chi connectivity index (χ0n) is 12.8. The summed E-state index contributed by atoms with van der Waals surface area (Å²) in [6, 6.07) is 8.78. The molecule has 0 saturated heterocycles. The van der Waals surface area contributed by atoms with Crippen molar-refractivity contribution in [2.24, 2.45) is 0 Å². The van der Waals surface area contributed by atoms with Crippen LogP contribution in [-0.2, 0) is 0 Å². The quantitative estimate of drug-likeness (QED) is 0.448. The molecule has 124 valence electrons. The summed E-state index contributed by atoms with van der Waals surface area (Å²) < 4.78 is 1.63. The Kier molecular flexibility index (Phi) is 3.21. The van der Waals surface area contributed by atoms with Crippen LogP contribution in [0.4, 0.5) is 0 Å². The Hall–Kier alpha value is -3.74. The molecular weight excluding hydrogens is 322 g/mol. The van der Waals surface area contributed by atoms with E-state index < -0.39 is 0 Å². The Morgan fingerprint density at radius 3 is 2.16 bits per heavy atom. The number of aromatic hydroxyl groups is 4. The van der Waals surface area contributed by atoms with E-state index in [1.807, 2.05) is 0 Å². The van der Waals surface area contributed by atoms with Gasteiger partial charge in [0.05, 0.1) is 11.3 Å². The minimum absolute atomic E-state index is 0.122. The number of rotatable bonds is 2. The third kappa shape index (κ3) is 2.38. The molecule has 4 N–H and O–H groups in total. The van der Waals surface area contributed by atoms with Crippen LogP contribution in [0.25, 0.3) is 28.2 Å². The summed E-state index contributed by atoms with van der Waals surface area (Å²) in [5.74, 6) is -0.292. The van der Waals surface area contributed by atoms with Gasteiger partial charge in [0, 0.05) is 36.3 Å². The Bertz CT molecular complexity index is 1060. The first-order chi connectivity index (χ1) is 12.0. The van der Waals surface area contributed by atoms with Gasteiger partial charge in [-0.2, -0.15) is 0 Å². The number of hydrogen-bond donors (Lipinski definition) is 4. The molecule has 4 aromatic rings. The fourth-order valence-corrected chi connectivity index (χ4v) is 2.83. The van der Waals surface area contributed by atoms with E-state index in [1.54, 1.807) is 35.1 Å². The van der Waals surface area contributed by atoms with E-state index in [0.29, 0.717) is 17.0 Å². The molecule has 0 amide bonds. The zero-order valence-corrected chi connectivity index (χ0v) is 12.8. The summed E-state index contributed by atoms with van der Waals surface area (Å²) in [5.41, 5.74) is 1.94. The van der Waals surface area contributed by atoms with Crippen LogP contribution in [0.2, 0.25) is 0 Å². The van der Waals surface area contributed by atoms with Crippen molar-refractivity contribution in [1.82, 2.24) is 14.4 Å². The van der Waals surface area contributed by atoms with E-state index >= 15 is 0 Å². The van der Waals surface area contributed by atoms with Crippen molar-refractivity contribution < 1.29 is 20.4 Å². The van der Waals surface area contributed by atoms with Crippen LogP contribution < -0.4 is 0 Å². The Morgan fingerprint density at radius 1 is 0.800 bits per heavy atom. The van der Waals surface area contributed by atoms with E-state index in [-0.39, 0.29) is 28.6 Å². The molecule has 0 aliphatic rings. The number of imidazole rings is 1. The van der Waals surface area contributed by atoms with E-state index in [2.05, 4.69) is 9.97 Å². The zero-order chi connectivity index (χ0) is 17.6. The van der Waals surface area contributed by atoms with Crippen molar-refractivity contribution >= 4 is 5.78 Å². The molecule has 0 radical (unpaired) electrons. The van der Waals surface area contributed by atoms with Gasteiger partial charge < -0.3 is 20.4 Å². The van der Waals surface area contributed by atoms with Crippen LogP contribution in [0.3, 0.4) is 0 Å². The lowest BCUT2D eigenvalue weighted by molar-refractivity contribution is 0.430. The van der Waals surface area contributed by atoms with Gasteiger partial charge in [0.15, 0.2) is 0 Å². The van der Waals surface area contributed by atoms with Gasteiger partial charge in [-0.05, 0) is 17.7 Å². The van der Waals surface area contributed by atoms with E-state index in [9.17, 15) is 20.4 Å². The van der Waals surface area contributed by atoms with Crippen LogP contribution in [-0.4, -0.2) is 34.8 Å². The molecule has 2 heterocycles. The summed E-state index contributed by atoms with van der Waals surface area (Å²) in [4.78, 5) is 8.41. The average Bonchev–Trinajstić information content (AvgIpc) is 3.04. The smallest absolute Gasteiger partial charge is 0.234 e. The number of phenolic OH excluding ortho intramolecular Hbond substituents is 4. The number of fused-ring (bicyclic) bond motifs is 1. The molecule has 0 aliphatic carbocycles. The number of phenols is 4. The number of benzene rings is 2. The molecule has 7 nitrogen and oxygen atoms in total. The van der Waals surface area contributed by atoms with Crippen LogP contribution in [0.1, 0.15) is 0 Å². The second-order valence-corrected chi connectivity index (χ2v) is 5.52. The van der Waals surface area contributed by atoms with Crippen molar-refractivity contribution in [2.45, 2.75) is 0 Å². The Labute approximate surface area is 141 Å². The predicted octanol–water partition coefficient (Wildman–Crippen LogP) is 2.89. The normalized spacial score (nSPS) is 11.0. The van der Waals surface area contributed by atoms with Gasteiger partial charge in [0.1, 0.15) is 23.0 Å². The van der Waals surface area contributed by atoms with Gasteiger partial charge in [0.25, 0.3) is 0 Å². The highest BCUT2D eigenvalue weighted by Gasteiger charge is 2.20. The number of aromatic nitrogens is 3. The van der Waals surface area contributed by atoms with Crippen molar-refractivity contribution in [3.63, 3.8) is 0 Å². The minimum Gasteiger partial charge on any atom is -0.508 e. The molecule has 2 aromatic carbocycles. The first kappa shape index (κ1) is 14.8. The highest BCUT2D eigenvalue weighted by molar-refractivity contribution is 5.87. The SMILES string of the molecule is Oc1ccc(-c2cnc3nccn3c2-c2c(O)cc(O)cc2O)cc1. The minimum atomic E-state index is -0.279. The summed E-state index contributed by atoms with van der Waals surface area (Å²) in [5, 5.41) is 39.7. The van der Waals surface area contributed by atoms with E-state index in [0.717, 1.165) is 17.7 Å². The maximum atomic E-state index is 10.3. The lowest BCUT2D eigenvalue weighted by atomic mass is 9.99. The standard InChI is InChI=1S/C18H13N3O4/c22-11-3-1-10(2-4-11)13-9-20-18-19-5-6-21(18)17(13)16-14(24)7-12(23)8-15(16)25/h1-9,22-25H. The summed E-state index contributed by atoms with van der Waals surface area (Å²) >= 11 is 0. The molecule has 0 saturated carbocycles. The van der Waals surface area contributed by atoms with Gasteiger partial charge in [0.2, 0.25) is 5.78 Å². The summed E-state index contributed by atoms with van der Waals surface area (Å²) in [7, 11) is 0. The average molecular weight is 335 g/mol. The highest BCUT2D eigenvalue weighted by Crippen LogP contribution is 2.44. The topological polar surface area (TPSA) is 111 Å². The van der Waals surface area contributed by atoms with Crippen molar-refractivity contribution in [1.29, 1.82) is 0 Å². The van der Waals surface area contributed by atoms with Gasteiger partial charge >= 0.3 is 0 Å². The van der Waals surface area contributed by atoms with Crippen molar-refractivity contribution in [2.75, 3.05) is 0 Å². The third-order valence-corrected chi connectivity index (χ3v) is 3.92. The molecule has 7 heteroatoms. The largest absolute Gasteiger partial charge is 0.508 e. The third-order valence-electron chi connectivity index (χ3n) is 3.92. The first-order valence-electron chi connectivity index (χ1n) is 7.41. The molecule has 4 rings (SSSR count). The number of hydrogen-bond acceptors (Lipinski definition) is 6. The highest BCUT2D eigenvalue weighted by atomic mass is 16.3. The second kappa shape index (κ2) is 5.41. The summed E-state index contributed by atoms with van der Waals surface area (Å²) in [6.07, 6.45) is 4.80. The molecule has 25 heavy (non-hydrogen) atoms. The van der Waals surface area contributed by atoms with E-state index in [4.69, 9.17) is 0 Å². The molecule has 0 bridgehead atoms. The molecule has 0 spiro atoms. The van der Waals surface area contributed by atoms with Crippen LogP contribution in [0.15, 0.2) is 55.0 Å². The Balaban J connectivity index is 2.10. The van der Waals surface area contributed by atoms with Crippen molar-refractivity contribution in [3.8, 4) is 45.4 Å². The van der Waals surface area contributed by atoms with Gasteiger partial charge in [-0.3, -0.25) is 4.40 Å². The lowest BCUT2D eigenvalue weighted by Gasteiger charge is -2.15. The van der Waals surface area contributed by atoms with Gasteiger partial charge in [-0.25, -0.2) is 9.97 Å². The van der Waals surface area contributed by atoms with E-state index in [1.165, 1.54) is 12.1 Å². The van der Waals surface area contributed by atoms with Gasteiger partial charge in [-0.15, -0.1) is 0 Å². The first-order valence-corrected chi connectivity index (χ1v) is 7.41. The molecular formula is C18H13N3O4. The van der Waals surface area contributed by atoms with Crippen LogP contribution in [0, 0.1) is 0 Å². The van der Waals surface area contributed by atoms with Crippen LogP contribution in [0.5, 0.6) is 23.0 Å². The maximum absolute atomic E-state index is 10.3. The fourth-order valence-electron chi connectivity index (χ4n) is 2.83. The monoisotopic (exact) mass is 335 g/mol. The van der Waals surface area contributed by atoms with Crippen LogP contribution >= 0.6 is 0 Å². The number of nitrogens with zero attached hydrogens (tertiary/aromatic N) is 3. The maximum Gasteiger partial charge on any atom is 0.234 e.